The minimum Gasteiger partial charge on any atom is -0.357 e. The molecule has 0 unspecified atom stereocenters. The third kappa shape index (κ3) is 6.01. The van der Waals surface area contributed by atoms with Gasteiger partial charge in [-0.2, -0.15) is 0 Å². The van der Waals surface area contributed by atoms with Crippen LogP contribution in [-0.2, 0) is 29.0 Å². The van der Waals surface area contributed by atoms with Gasteiger partial charge in [-0.15, -0.1) is 0 Å². The number of halogens is 1. The van der Waals surface area contributed by atoms with Gasteiger partial charge in [0.2, 0.25) is 11.8 Å². The molecule has 0 aliphatic rings. The van der Waals surface area contributed by atoms with Crippen LogP contribution in [-0.4, -0.2) is 29.8 Å². The molecule has 0 spiro atoms. The molecule has 0 radical (unpaired) electrons. The predicted octanol–water partition coefficient (Wildman–Crippen LogP) is 4.06. The van der Waals surface area contributed by atoms with E-state index in [0.29, 0.717) is 12.0 Å². The van der Waals surface area contributed by atoms with Gasteiger partial charge in [0.1, 0.15) is 11.9 Å². The predicted molar refractivity (Wildman–Crippen MR) is 120 cm³/mol. The Morgan fingerprint density at radius 1 is 0.935 bits per heavy atom. The lowest BCUT2D eigenvalue weighted by atomic mass is 10.0. The summed E-state index contributed by atoms with van der Waals surface area (Å²) in [5, 5.41) is 2.69. The highest BCUT2D eigenvalue weighted by atomic mass is 19.1. The number of likely N-dealkylation sites (N-methyl/N-ethyl adjacent to an activating group) is 1. The summed E-state index contributed by atoms with van der Waals surface area (Å²) in [5.74, 6) is -0.972. The number of amides is 2. The lowest BCUT2D eigenvalue weighted by Crippen LogP contribution is -2.50. The molecule has 0 saturated carbocycles. The zero-order valence-corrected chi connectivity index (χ0v) is 17.8. The minimum absolute atomic E-state index is 0.110. The normalized spacial score (nSPS) is 11.6. The standard InChI is InChI=1S/C26H27FN2O2/c1-19-9-8-12-21(15-19)18-29(25(30)17-22-13-6-7-14-23(22)27)24(26(31)28-2)16-20-10-4-3-5-11-20/h3-15,24H,16-18H2,1-2H3,(H,28,31)/t24-/m0/s1. The van der Waals surface area contributed by atoms with Crippen molar-refractivity contribution in [2.24, 2.45) is 0 Å². The van der Waals surface area contributed by atoms with Crippen molar-refractivity contribution < 1.29 is 14.0 Å². The van der Waals surface area contributed by atoms with Gasteiger partial charge in [0.05, 0.1) is 6.42 Å². The molecule has 160 valence electrons. The van der Waals surface area contributed by atoms with Crippen LogP contribution >= 0.6 is 0 Å². The molecular weight excluding hydrogens is 391 g/mol. The molecule has 0 aromatic heterocycles. The number of nitrogens with zero attached hydrogens (tertiary/aromatic N) is 1. The molecule has 3 rings (SSSR count). The molecule has 0 saturated heterocycles. The summed E-state index contributed by atoms with van der Waals surface area (Å²) < 4.78 is 14.2. The van der Waals surface area contributed by atoms with Crippen molar-refractivity contribution in [2.45, 2.75) is 32.4 Å². The molecule has 1 N–H and O–H groups in total. The molecule has 3 aromatic rings. The van der Waals surface area contributed by atoms with E-state index in [1.807, 2.05) is 61.5 Å². The first-order chi connectivity index (χ1) is 15.0. The molecule has 31 heavy (non-hydrogen) atoms. The number of aryl methyl sites for hydroxylation is 1. The average Bonchev–Trinajstić information content (AvgIpc) is 2.78. The minimum atomic E-state index is -0.716. The van der Waals surface area contributed by atoms with Crippen LogP contribution in [0.2, 0.25) is 0 Å². The smallest absolute Gasteiger partial charge is 0.242 e. The van der Waals surface area contributed by atoms with E-state index in [2.05, 4.69) is 5.32 Å². The topological polar surface area (TPSA) is 49.4 Å². The van der Waals surface area contributed by atoms with Crippen molar-refractivity contribution in [3.8, 4) is 0 Å². The SMILES string of the molecule is CNC(=O)[C@H](Cc1ccccc1)N(Cc1cccc(C)c1)C(=O)Cc1ccccc1F. The van der Waals surface area contributed by atoms with Crippen LogP contribution in [0.25, 0.3) is 0 Å². The van der Waals surface area contributed by atoms with E-state index < -0.39 is 11.9 Å². The first kappa shape index (κ1) is 22.2. The summed E-state index contributed by atoms with van der Waals surface area (Å²) in [7, 11) is 1.56. The molecule has 0 aliphatic heterocycles. The van der Waals surface area contributed by atoms with Crippen LogP contribution in [0.15, 0.2) is 78.9 Å². The molecule has 5 heteroatoms. The Morgan fingerprint density at radius 3 is 2.29 bits per heavy atom. The molecule has 0 aliphatic carbocycles. The summed E-state index contributed by atoms with van der Waals surface area (Å²) in [4.78, 5) is 27.8. The Kier molecular flexibility index (Phi) is 7.55. The molecule has 1 atom stereocenters. The first-order valence-electron chi connectivity index (χ1n) is 10.3. The van der Waals surface area contributed by atoms with Crippen LogP contribution in [0.5, 0.6) is 0 Å². The van der Waals surface area contributed by atoms with E-state index in [1.54, 1.807) is 30.1 Å². The van der Waals surface area contributed by atoms with Gasteiger partial charge in [-0.1, -0.05) is 78.4 Å². The maximum absolute atomic E-state index is 14.2. The summed E-state index contributed by atoms with van der Waals surface area (Å²) in [6, 6.07) is 22.9. The van der Waals surface area contributed by atoms with E-state index in [0.717, 1.165) is 16.7 Å². The van der Waals surface area contributed by atoms with Crippen LogP contribution in [0, 0.1) is 12.7 Å². The van der Waals surface area contributed by atoms with E-state index in [1.165, 1.54) is 6.07 Å². The highest BCUT2D eigenvalue weighted by Gasteiger charge is 2.30. The fourth-order valence-electron chi connectivity index (χ4n) is 3.63. The van der Waals surface area contributed by atoms with Crippen LogP contribution in [0.1, 0.15) is 22.3 Å². The van der Waals surface area contributed by atoms with Gasteiger partial charge >= 0.3 is 0 Å². The molecule has 0 fully saturated rings. The van der Waals surface area contributed by atoms with E-state index in [4.69, 9.17) is 0 Å². The number of hydrogen-bond acceptors (Lipinski definition) is 2. The average molecular weight is 419 g/mol. The highest BCUT2D eigenvalue weighted by Crippen LogP contribution is 2.18. The van der Waals surface area contributed by atoms with E-state index >= 15 is 0 Å². The second-order valence-electron chi connectivity index (χ2n) is 7.60. The Hall–Kier alpha value is -3.47. The Morgan fingerprint density at radius 2 is 1.61 bits per heavy atom. The first-order valence-corrected chi connectivity index (χ1v) is 10.3. The van der Waals surface area contributed by atoms with Crippen molar-refractivity contribution in [3.05, 3.63) is 107 Å². The van der Waals surface area contributed by atoms with Gasteiger partial charge in [0.15, 0.2) is 0 Å². The van der Waals surface area contributed by atoms with Crippen LogP contribution in [0.3, 0.4) is 0 Å². The molecule has 2 amide bonds. The Bertz CT molecular complexity index is 1040. The quantitative estimate of drug-likeness (QED) is 0.600. The van der Waals surface area contributed by atoms with Gasteiger partial charge in [-0.3, -0.25) is 9.59 Å². The van der Waals surface area contributed by atoms with Gasteiger partial charge in [0.25, 0.3) is 0 Å². The van der Waals surface area contributed by atoms with Gasteiger partial charge in [-0.05, 0) is 29.7 Å². The molecule has 0 heterocycles. The van der Waals surface area contributed by atoms with Gasteiger partial charge in [-0.25, -0.2) is 4.39 Å². The van der Waals surface area contributed by atoms with Crippen molar-refractivity contribution in [1.82, 2.24) is 10.2 Å². The fourth-order valence-corrected chi connectivity index (χ4v) is 3.63. The lowest BCUT2D eigenvalue weighted by Gasteiger charge is -2.31. The summed E-state index contributed by atoms with van der Waals surface area (Å²) in [6.45, 7) is 2.25. The van der Waals surface area contributed by atoms with Crippen LogP contribution < -0.4 is 5.32 Å². The molecule has 4 nitrogen and oxygen atoms in total. The highest BCUT2D eigenvalue weighted by molar-refractivity contribution is 5.88. The van der Waals surface area contributed by atoms with Crippen molar-refractivity contribution in [3.63, 3.8) is 0 Å². The summed E-state index contributed by atoms with van der Waals surface area (Å²) in [6.07, 6.45) is 0.260. The van der Waals surface area contributed by atoms with Crippen molar-refractivity contribution in [2.75, 3.05) is 7.05 Å². The maximum Gasteiger partial charge on any atom is 0.242 e. The van der Waals surface area contributed by atoms with Crippen molar-refractivity contribution >= 4 is 11.8 Å². The van der Waals surface area contributed by atoms with Crippen molar-refractivity contribution in [1.29, 1.82) is 0 Å². The summed E-state index contributed by atoms with van der Waals surface area (Å²) >= 11 is 0. The Labute approximate surface area is 182 Å². The second-order valence-corrected chi connectivity index (χ2v) is 7.60. The Balaban J connectivity index is 1.95. The van der Waals surface area contributed by atoms with Gasteiger partial charge < -0.3 is 10.2 Å². The number of carbonyl (C=O) groups is 2. The van der Waals surface area contributed by atoms with E-state index in [-0.39, 0.29) is 24.8 Å². The maximum atomic E-state index is 14.2. The third-order valence-corrected chi connectivity index (χ3v) is 5.25. The lowest BCUT2D eigenvalue weighted by molar-refractivity contribution is -0.140. The number of nitrogens with one attached hydrogen (secondary N) is 1. The van der Waals surface area contributed by atoms with Gasteiger partial charge in [0, 0.05) is 20.0 Å². The number of carbonyl (C=O) groups excluding carboxylic acids is 2. The molecular formula is C26H27FN2O2. The zero-order chi connectivity index (χ0) is 22.2. The number of rotatable bonds is 8. The molecule has 0 bridgehead atoms. The second kappa shape index (κ2) is 10.5. The van der Waals surface area contributed by atoms with E-state index in [9.17, 15) is 14.0 Å². The number of benzene rings is 3. The molecule has 3 aromatic carbocycles. The monoisotopic (exact) mass is 418 g/mol. The van der Waals surface area contributed by atoms with Crippen LogP contribution in [0.4, 0.5) is 4.39 Å². The number of hydrogen-bond donors (Lipinski definition) is 1. The largest absolute Gasteiger partial charge is 0.357 e. The zero-order valence-electron chi connectivity index (χ0n) is 17.8. The summed E-state index contributed by atoms with van der Waals surface area (Å²) in [5.41, 5.74) is 3.25. The third-order valence-electron chi connectivity index (χ3n) is 5.25. The fraction of sp³-hybridized carbons (Fsp3) is 0.231.